The number of rotatable bonds is 6. The van der Waals surface area contributed by atoms with Crippen LogP contribution in [0.25, 0.3) is 0 Å². The van der Waals surface area contributed by atoms with Gasteiger partial charge in [-0.15, -0.1) is 0 Å². The number of ether oxygens (including phenoxy) is 1. The van der Waals surface area contributed by atoms with E-state index in [1.54, 1.807) is 7.11 Å². The molecular formula is C17H20ClNO. The number of hydrogen-bond donors (Lipinski definition) is 1. The zero-order valence-corrected chi connectivity index (χ0v) is 12.7. The lowest BCUT2D eigenvalue weighted by Crippen LogP contribution is -2.18. The van der Waals surface area contributed by atoms with Crippen LogP contribution in [0.3, 0.4) is 0 Å². The Morgan fingerprint density at radius 1 is 1.05 bits per heavy atom. The van der Waals surface area contributed by atoms with Crippen LogP contribution in [0.4, 0.5) is 0 Å². The van der Waals surface area contributed by atoms with Crippen molar-refractivity contribution in [3.63, 3.8) is 0 Å². The maximum Gasteiger partial charge on any atom is 0.0713 e. The van der Waals surface area contributed by atoms with E-state index in [0.29, 0.717) is 6.61 Å². The minimum Gasteiger partial charge on any atom is -0.380 e. The maximum atomic E-state index is 6.20. The smallest absolute Gasteiger partial charge is 0.0713 e. The first kappa shape index (κ1) is 15.0. The van der Waals surface area contributed by atoms with Crippen LogP contribution in [0.2, 0.25) is 5.02 Å². The Bertz CT molecular complexity index is 539. The number of benzene rings is 2. The average Bonchev–Trinajstić information content (AvgIpc) is 2.47. The Morgan fingerprint density at radius 2 is 1.70 bits per heavy atom. The molecule has 20 heavy (non-hydrogen) atoms. The zero-order chi connectivity index (χ0) is 14.4. The predicted molar refractivity (Wildman–Crippen MR) is 83.9 cm³/mol. The Balaban J connectivity index is 1.93. The lowest BCUT2D eigenvalue weighted by Gasteiger charge is -2.15. The molecule has 0 amide bonds. The van der Waals surface area contributed by atoms with E-state index >= 15 is 0 Å². The number of nitrogens with one attached hydrogen (secondary N) is 1. The van der Waals surface area contributed by atoms with Gasteiger partial charge in [0.25, 0.3) is 0 Å². The number of hydrogen-bond acceptors (Lipinski definition) is 2. The molecule has 0 aromatic heterocycles. The van der Waals surface area contributed by atoms with E-state index in [-0.39, 0.29) is 6.04 Å². The molecule has 0 fully saturated rings. The van der Waals surface area contributed by atoms with Crippen LogP contribution in [0.5, 0.6) is 0 Å². The fourth-order valence-corrected chi connectivity index (χ4v) is 2.43. The summed E-state index contributed by atoms with van der Waals surface area (Å²) in [6, 6.07) is 16.6. The second-order valence-electron chi connectivity index (χ2n) is 4.87. The summed E-state index contributed by atoms with van der Waals surface area (Å²) in [5.41, 5.74) is 3.57. The minimum absolute atomic E-state index is 0.224. The zero-order valence-electron chi connectivity index (χ0n) is 11.9. The molecular weight excluding hydrogens is 270 g/mol. The molecule has 106 valence electrons. The van der Waals surface area contributed by atoms with Crippen LogP contribution >= 0.6 is 11.6 Å². The summed E-state index contributed by atoms with van der Waals surface area (Å²) in [6.45, 7) is 3.60. The van der Waals surface area contributed by atoms with Gasteiger partial charge in [0.15, 0.2) is 0 Å². The molecule has 2 aromatic carbocycles. The van der Waals surface area contributed by atoms with Crippen LogP contribution in [0, 0.1) is 0 Å². The lowest BCUT2D eigenvalue weighted by atomic mass is 10.1. The van der Waals surface area contributed by atoms with Crippen molar-refractivity contribution in [1.29, 1.82) is 0 Å². The summed E-state index contributed by atoms with van der Waals surface area (Å²) in [6.07, 6.45) is 0. The quantitative estimate of drug-likeness (QED) is 0.854. The molecule has 2 aromatic rings. The molecule has 0 aliphatic heterocycles. The Labute approximate surface area is 125 Å². The van der Waals surface area contributed by atoms with Gasteiger partial charge < -0.3 is 10.1 Å². The minimum atomic E-state index is 0.224. The molecule has 0 spiro atoms. The van der Waals surface area contributed by atoms with Crippen molar-refractivity contribution in [2.75, 3.05) is 7.11 Å². The summed E-state index contributed by atoms with van der Waals surface area (Å²) >= 11 is 6.20. The summed E-state index contributed by atoms with van der Waals surface area (Å²) in [4.78, 5) is 0. The highest BCUT2D eigenvalue weighted by Gasteiger charge is 2.08. The molecule has 2 nitrogen and oxygen atoms in total. The average molecular weight is 290 g/mol. The molecule has 1 N–H and O–H groups in total. The molecule has 0 saturated heterocycles. The Morgan fingerprint density at radius 3 is 2.35 bits per heavy atom. The summed E-state index contributed by atoms with van der Waals surface area (Å²) in [5, 5.41) is 4.30. The van der Waals surface area contributed by atoms with Gasteiger partial charge in [-0.25, -0.2) is 0 Å². The standard InChI is InChI=1S/C17H20ClNO/c1-13(16-5-3-4-6-17(16)18)19-11-14-7-9-15(10-8-14)12-20-2/h3-10,13,19H,11-12H2,1-2H3/t13-/m0/s1. The van der Waals surface area contributed by atoms with Crippen molar-refractivity contribution in [2.24, 2.45) is 0 Å². The van der Waals surface area contributed by atoms with Gasteiger partial charge in [0, 0.05) is 24.7 Å². The third kappa shape index (κ3) is 4.07. The summed E-state index contributed by atoms with van der Waals surface area (Å²) in [7, 11) is 1.71. The molecule has 0 saturated carbocycles. The van der Waals surface area contributed by atoms with Gasteiger partial charge in [-0.1, -0.05) is 54.1 Å². The van der Waals surface area contributed by atoms with Crippen molar-refractivity contribution in [3.05, 3.63) is 70.2 Å². The van der Waals surface area contributed by atoms with Crippen LogP contribution in [0.1, 0.15) is 29.7 Å². The highest BCUT2D eigenvalue weighted by atomic mass is 35.5. The van der Waals surface area contributed by atoms with Crippen molar-refractivity contribution in [1.82, 2.24) is 5.32 Å². The molecule has 0 aliphatic rings. The largest absolute Gasteiger partial charge is 0.380 e. The van der Waals surface area contributed by atoms with Crippen LogP contribution in [-0.4, -0.2) is 7.11 Å². The third-order valence-corrected chi connectivity index (χ3v) is 3.66. The van der Waals surface area contributed by atoms with Gasteiger partial charge in [0.2, 0.25) is 0 Å². The highest BCUT2D eigenvalue weighted by molar-refractivity contribution is 6.31. The van der Waals surface area contributed by atoms with Crippen LogP contribution < -0.4 is 5.32 Å². The number of halogens is 1. The normalized spacial score (nSPS) is 12.3. The van der Waals surface area contributed by atoms with E-state index < -0.39 is 0 Å². The van der Waals surface area contributed by atoms with E-state index in [4.69, 9.17) is 16.3 Å². The van der Waals surface area contributed by atoms with E-state index in [1.807, 2.05) is 18.2 Å². The molecule has 0 aliphatic carbocycles. The first-order valence-corrected chi connectivity index (χ1v) is 7.13. The molecule has 3 heteroatoms. The molecule has 0 heterocycles. The van der Waals surface area contributed by atoms with Crippen molar-refractivity contribution < 1.29 is 4.74 Å². The van der Waals surface area contributed by atoms with Crippen LogP contribution in [-0.2, 0) is 17.9 Å². The predicted octanol–water partition coefficient (Wildman–Crippen LogP) is 4.34. The molecule has 2 rings (SSSR count). The summed E-state index contributed by atoms with van der Waals surface area (Å²) < 4.78 is 5.11. The topological polar surface area (TPSA) is 21.3 Å². The second kappa shape index (κ2) is 7.44. The lowest BCUT2D eigenvalue weighted by molar-refractivity contribution is 0.185. The van der Waals surface area contributed by atoms with E-state index in [1.165, 1.54) is 11.1 Å². The van der Waals surface area contributed by atoms with Crippen molar-refractivity contribution >= 4 is 11.6 Å². The first-order valence-electron chi connectivity index (χ1n) is 6.75. The monoisotopic (exact) mass is 289 g/mol. The molecule has 0 radical (unpaired) electrons. The van der Waals surface area contributed by atoms with E-state index in [9.17, 15) is 0 Å². The van der Waals surface area contributed by atoms with E-state index in [0.717, 1.165) is 17.1 Å². The Hall–Kier alpha value is -1.35. The van der Waals surface area contributed by atoms with Crippen LogP contribution in [0.15, 0.2) is 48.5 Å². The number of methoxy groups -OCH3 is 1. The van der Waals surface area contributed by atoms with Gasteiger partial charge in [0.1, 0.15) is 0 Å². The summed E-state index contributed by atoms with van der Waals surface area (Å²) in [5.74, 6) is 0. The van der Waals surface area contributed by atoms with Crippen molar-refractivity contribution in [2.45, 2.75) is 26.1 Å². The highest BCUT2D eigenvalue weighted by Crippen LogP contribution is 2.22. The van der Waals surface area contributed by atoms with E-state index in [2.05, 4.69) is 42.6 Å². The van der Waals surface area contributed by atoms with Gasteiger partial charge in [-0.3, -0.25) is 0 Å². The molecule has 0 unspecified atom stereocenters. The van der Waals surface area contributed by atoms with Gasteiger partial charge in [-0.05, 0) is 29.7 Å². The fraction of sp³-hybridized carbons (Fsp3) is 0.294. The third-order valence-electron chi connectivity index (χ3n) is 3.32. The Kier molecular flexibility index (Phi) is 5.60. The first-order chi connectivity index (χ1) is 9.70. The van der Waals surface area contributed by atoms with Gasteiger partial charge in [-0.2, -0.15) is 0 Å². The van der Waals surface area contributed by atoms with Crippen molar-refractivity contribution in [3.8, 4) is 0 Å². The second-order valence-corrected chi connectivity index (χ2v) is 5.28. The van der Waals surface area contributed by atoms with Gasteiger partial charge in [0.05, 0.1) is 6.61 Å². The molecule has 0 bridgehead atoms. The SMILES string of the molecule is COCc1ccc(CN[C@@H](C)c2ccccc2Cl)cc1. The van der Waals surface area contributed by atoms with Gasteiger partial charge >= 0.3 is 0 Å². The maximum absolute atomic E-state index is 6.20. The fourth-order valence-electron chi connectivity index (χ4n) is 2.13. The molecule has 1 atom stereocenters.